The lowest BCUT2D eigenvalue weighted by molar-refractivity contribution is 0.312. The fourth-order valence-electron chi connectivity index (χ4n) is 1.51. The van der Waals surface area contributed by atoms with E-state index >= 15 is 0 Å². The minimum Gasteiger partial charge on any atom is -0.464 e. The van der Waals surface area contributed by atoms with E-state index in [4.69, 9.17) is 10.5 Å². The third kappa shape index (κ3) is 5.16. The van der Waals surface area contributed by atoms with Crippen molar-refractivity contribution in [3.63, 3.8) is 0 Å². The van der Waals surface area contributed by atoms with Crippen LogP contribution in [0.15, 0.2) is 0 Å². The minimum atomic E-state index is 0.173. The second-order valence-corrected chi connectivity index (χ2v) is 4.75. The van der Waals surface area contributed by atoms with Gasteiger partial charge in [0.25, 0.3) is 0 Å². The van der Waals surface area contributed by atoms with Gasteiger partial charge in [-0.05, 0) is 32.6 Å². The Morgan fingerprint density at radius 3 is 2.50 bits per heavy atom. The molecule has 0 spiro atoms. The second-order valence-electron chi connectivity index (χ2n) is 4.75. The average Bonchev–Trinajstić information content (AvgIpc) is 2.26. The zero-order valence-electron chi connectivity index (χ0n) is 11.6. The van der Waals surface area contributed by atoms with Crippen LogP contribution in [-0.4, -0.2) is 27.6 Å². The molecule has 1 unspecified atom stereocenters. The fraction of sp³-hybridized carbons (Fsp3) is 0.750. The number of nitrogens with one attached hydrogen (secondary N) is 1. The Labute approximate surface area is 108 Å². The number of nitrogens with two attached hydrogens (primary N) is 1. The smallest absolute Gasteiger partial charge is 0.323 e. The van der Waals surface area contributed by atoms with Gasteiger partial charge >= 0.3 is 6.01 Å². The lowest BCUT2D eigenvalue weighted by atomic mass is 10.0. The molecule has 0 aliphatic carbocycles. The zero-order chi connectivity index (χ0) is 13.5. The highest BCUT2D eigenvalue weighted by atomic mass is 16.5. The van der Waals surface area contributed by atoms with E-state index < -0.39 is 0 Å². The van der Waals surface area contributed by atoms with Gasteiger partial charge in [-0.2, -0.15) is 15.0 Å². The molecule has 0 saturated carbocycles. The third-order valence-corrected chi connectivity index (χ3v) is 2.46. The van der Waals surface area contributed by atoms with E-state index in [1.165, 1.54) is 0 Å². The van der Waals surface area contributed by atoms with Gasteiger partial charge in [-0.25, -0.2) is 0 Å². The normalized spacial score (nSPS) is 12.5. The number of nitrogen functional groups attached to an aromatic ring is 1. The van der Waals surface area contributed by atoms with Crippen LogP contribution < -0.4 is 15.8 Å². The molecule has 0 aliphatic rings. The molecular weight excluding hydrogens is 230 g/mol. The van der Waals surface area contributed by atoms with E-state index in [1.54, 1.807) is 0 Å². The maximum Gasteiger partial charge on any atom is 0.323 e. The molecule has 3 N–H and O–H groups in total. The first-order valence-corrected chi connectivity index (χ1v) is 6.42. The number of ether oxygens (including phenoxy) is 1. The molecule has 0 saturated heterocycles. The van der Waals surface area contributed by atoms with Gasteiger partial charge in [-0.3, -0.25) is 0 Å². The predicted octanol–water partition coefficient (Wildman–Crippen LogP) is 2.09. The first kappa shape index (κ1) is 14.5. The van der Waals surface area contributed by atoms with Crippen molar-refractivity contribution >= 4 is 11.9 Å². The summed E-state index contributed by atoms with van der Waals surface area (Å²) in [5.74, 6) is 1.34. The van der Waals surface area contributed by atoms with Gasteiger partial charge in [0, 0.05) is 6.04 Å². The van der Waals surface area contributed by atoms with Crippen LogP contribution in [0.1, 0.15) is 40.5 Å². The van der Waals surface area contributed by atoms with Crippen LogP contribution in [-0.2, 0) is 0 Å². The number of aromatic nitrogens is 3. The predicted molar refractivity (Wildman–Crippen MR) is 72.6 cm³/mol. The van der Waals surface area contributed by atoms with Gasteiger partial charge < -0.3 is 15.8 Å². The molecule has 18 heavy (non-hydrogen) atoms. The van der Waals surface area contributed by atoms with Gasteiger partial charge in [-0.15, -0.1) is 0 Å². The summed E-state index contributed by atoms with van der Waals surface area (Å²) in [6, 6.07) is 0.562. The molecule has 1 rings (SSSR count). The van der Waals surface area contributed by atoms with Crippen molar-refractivity contribution in [3.05, 3.63) is 0 Å². The summed E-state index contributed by atoms with van der Waals surface area (Å²) in [7, 11) is 0. The maximum absolute atomic E-state index is 5.61. The third-order valence-electron chi connectivity index (χ3n) is 2.46. The van der Waals surface area contributed by atoms with Gasteiger partial charge in [0.05, 0.1) is 6.61 Å². The van der Waals surface area contributed by atoms with Crippen molar-refractivity contribution in [2.75, 3.05) is 17.7 Å². The summed E-state index contributed by atoms with van der Waals surface area (Å²) in [6.07, 6.45) is 2.22. The Morgan fingerprint density at radius 1 is 1.17 bits per heavy atom. The quantitative estimate of drug-likeness (QED) is 0.773. The summed E-state index contributed by atoms with van der Waals surface area (Å²) >= 11 is 0. The van der Waals surface area contributed by atoms with Crippen LogP contribution in [0, 0.1) is 5.92 Å². The number of nitrogens with zero attached hydrogens (tertiary/aromatic N) is 3. The number of rotatable bonds is 7. The molecule has 0 aliphatic heterocycles. The summed E-state index contributed by atoms with van der Waals surface area (Å²) in [5.41, 5.74) is 5.61. The van der Waals surface area contributed by atoms with Crippen molar-refractivity contribution in [3.8, 4) is 6.01 Å². The molecule has 0 fully saturated rings. The Bertz CT molecular complexity index is 369. The second kappa shape index (κ2) is 6.98. The Hall–Kier alpha value is -1.59. The first-order valence-electron chi connectivity index (χ1n) is 6.42. The van der Waals surface area contributed by atoms with Crippen molar-refractivity contribution in [2.24, 2.45) is 5.92 Å². The average molecular weight is 253 g/mol. The van der Waals surface area contributed by atoms with Crippen LogP contribution in [0.4, 0.5) is 11.9 Å². The molecule has 6 nitrogen and oxygen atoms in total. The summed E-state index contributed by atoms with van der Waals surface area (Å²) in [4.78, 5) is 12.1. The molecule has 0 amide bonds. The van der Waals surface area contributed by atoms with Crippen molar-refractivity contribution < 1.29 is 4.74 Å². The topological polar surface area (TPSA) is 86.0 Å². The van der Waals surface area contributed by atoms with Crippen LogP contribution in [0.5, 0.6) is 6.01 Å². The van der Waals surface area contributed by atoms with Crippen molar-refractivity contribution in [2.45, 2.75) is 46.6 Å². The highest BCUT2D eigenvalue weighted by Gasteiger charge is 2.09. The molecule has 6 heteroatoms. The Kier molecular flexibility index (Phi) is 5.61. The number of anilines is 2. The van der Waals surface area contributed by atoms with Crippen molar-refractivity contribution in [1.82, 2.24) is 15.0 Å². The summed E-state index contributed by atoms with van der Waals surface area (Å²) < 4.78 is 5.22. The molecule has 1 atom stereocenters. The largest absolute Gasteiger partial charge is 0.464 e. The van der Waals surface area contributed by atoms with E-state index in [9.17, 15) is 0 Å². The van der Waals surface area contributed by atoms with Crippen LogP contribution >= 0.6 is 0 Å². The Balaban J connectivity index is 2.60. The SMILES string of the molecule is CCOc1nc(N)nc(NC(C)CCC(C)C)n1. The minimum absolute atomic E-state index is 0.173. The molecule has 102 valence electrons. The molecule has 1 aromatic rings. The fourth-order valence-corrected chi connectivity index (χ4v) is 1.51. The standard InChI is InChI=1S/C12H23N5O/c1-5-18-12-16-10(13)15-11(17-12)14-9(4)7-6-8(2)3/h8-9H,5-7H2,1-4H3,(H3,13,14,15,16,17). The lowest BCUT2D eigenvalue weighted by Crippen LogP contribution is -2.19. The van der Waals surface area contributed by atoms with E-state index in [-0.39, 0.29) is 12.0 Å². The van der Waals surface area contributed by atoms with Crippen LogP contribution in [0.2, 0.25) is 0 Å². The maximum atomic E-state index is 5.61. The van der Waals surface area contributed by atoms with Gasteiger partial charge in [0.2, 0.25) is 11.9 Å². The summed E-state index contributed by atoms with van der Waals surface area (Å²) in [5, 5.41) is 3.21. The molecule has 1 heterocycles. The zero-order valence-corrected chi connectivity index (χ0v) is 11.6. The van der Waals surface area contributed by atoms with Gasteiger partial charge in [0.15, 0.2) is 0 Å². The van der Waals surface area contributed by atoms with Gasteiger partial charge in [-0.1, -0.05) is 13.8 Å². The van der Waals surface area contributed by atoms with Gasteiger partial charge in [0.1, 0.15) is 0 Å². The molecule has 0 bridgehead atoms. The van der Waals surface area contributed by atoms with E-state index in [0.717, 1.165) is 12.8 Å². The number of hydrogen-bond donors (Lipinski definition) is 2. The van der Waals surface area contributed by atoms with Crippen molar-refractivity contribution in [1.29, 1.82) is 0 Å². The van der Waals surface area contributed by atoms with Crippen LogP contribution in [0.25, 0.3) is 0 Å². The molecule has 0 aromatic carbocycles. The van der Waals surface area contributed by atoms with Crippen LogP contribution in [0.3, 0.4) is 0 Å². The monoisotopic (exact) mass is 253 g/mol. The lowest BCUT2D eigenvalue weighted by Gasteiger charge is -2.15. The Morgan fingerprint density at radius 2 is 1.89 bits per heavy atom. The van der Waals surface area contributed by atoms with E-state index in [1.807, 2.05) is 6.92 Å². The summed E-state index contributed by atoms with van der Waals surface area (Å²) in [6.45, 7) is 8.90. The first-order chi connectivity index (χ1) is 8.51. The highest BCUT2D eigenvalue weighted by molar-refractivity contribution is 5.33. The molecular formula is C12H23N5O. The number of hydrogen-bond acceptors (Lipinski definition) is 6. The molecule has 0 radical (unpaired) electrons. The van der Waals surface area contributed by atoms with E-state index in [2.05, 4.69) is 41.0 Å². The van der Waals surface area contributed by atoms with E-state index in [0.29, 0.717) is 24.5 Å². The highest BCUT2D eigenvalue weighted by Crippen LogP contribution is 2.13. The molecule has 1 aromatic heterocycles.